The maximum atomic E-state index is 13.1. The lowest BCUT2D eigenvalue weighted by atomic mass is 9.98. The molecule has 0 atom stereocenters. The highest BCUT2D eigenvalue weighted by atomic mass is 19.4. The van der Waals surface area contributed by atoms with Crippen LogP contribution < -0.4 is 10.2 Å². The summed E-state index contributed by atoms with van der Waals surface area (Å²) in [6.07, 6.45) is -1.20. The fraction of sp³-hybridized carbons (Fsp3) is 0.389. The molecule has 3 rings (SSSR count). The maximum Gasteiger partial charge on any atom is 0.416 e. The number of nitrogens with zero attached hydrogens (tertiary/aromatic N) is 1. The molecule has 0 bridgehead atoms. The summed E-state index contributed by atoms with van der Waals surface area (Å²) < 4.78 is 44.2. The number of alkyl halides is 3. The average Bonchev–Trinajstić information content (AvgIpc) is 3.09. The summed E-state index contributed by atoms with van der Waals surface area (Å²) in [7, 11) is 0. The number of carbonyl (C=O) groups excluding carboxylic acids is 1. The van der Waals surface area contributed by atoms with Gasteiger partial charge in [0.05, 0.1) is 23.2 Å². The zero-order valence-corrected chi connectivity index (χ0v) is 13.8. The number of piperidine rings is 1. The van der Waals surface area contributed by atoms with Gasteiger partial charge in [-0.3, -0.25) is 4.79 Å². The van der Waals surface area contributed by atoms with Gasteiger partial charge in [0.2, 0.25) is 0 Å². The Labute approximate surface area is 143 Å². The molecule has 2 heterocycles. The van der Waals surface area contributed by atoms with Gasteiger partial charge in [0, 0.05) is 13.1 Å². The fourth-order valence-electron chi connectivity index (χ4n) is 2.93. The molecule has 7 heteroatoms. The van der Waals surface area contributed by atoms with Gasteiger partial charge in [-0.2, -0.15) is 13.2 Å². The molecule has 4 nitrogen and oxygen atoms in total. The maximum absolute atomic E-state index is 13.1. The van der Waals surface area contributed by atoms with Gasteiger partial charge < -0.3 is 14.6 Å². The summed E-state index contributed by atoms with van der Waals surface area (Å²) in [4.78, 5) is 14.2. The highest BCUT2D eigenvalue weighted by molar-refractivity contribution is 6.04. The van der Waals surface area contributed by atoms with Crippen LogP contribution in [-0.2, 0) is 6.18 Å². The Morgan fingerprint density at radius 1 is 1.24 bits per heavy atom. The summed E-state index contributed by atoms with van der Waals surface area (Å²) in [6, 6.07) is 6.47. The highest BCUT2D eigenvalue weighted by Gasteiger charge is 2.32. The van der Waals surface area contributed by atoms with Crippen molar-refractivity contribution in [1.29, 1.82) is 0 Å². The van der Waals surface area contributed by atoms with Gasteiger partial charge in [-0.1, -0.05) is 6.92 Å². The van der Waals surface area contributed by atoms with Crippen LogP contribution in [0.15, 0.2) is 41.0 Å². The molecule has 0 spiro atoms. The van der Waals surface area contributed by atoms with Gasteiger partial charge in [-0.25, -0.2) is 0 Å². The Morgan fingerprint density at radius 3 is 2.56 bits per heavy atom. The van der Waals surface area contributed by atoms with Crippen LogP contribution in [0.2, 0.25) is 0 Å². The SMILES string of the molecule is CC1CCN(c2ccc(C(F)(F)F)cc2NC(=O)c2ccco2)CC1. The molecule has 1 aliphatic rings. The van der Waals surface area contributed by atoms with Crippen LogP contribution >= 0.6 is 0 Å². The third-order valence-corrected chi connectivity index (χ3v) is 4.44. The van der Waals surface area contributed by atoms with Crippen molar-refractivity contribution in [3.63, 3.8) is 0 Å². The molecule has 1 aromatic heterocycles. The molecule has 0 radical (unpaired) electrons. The summed E-state index contributed by atoms with van der Waals surface area (Å²) in [5, 5.41) is 2.56. The molecule has 25 heavy (non-hydrogen) atoms. The minimum Gasteiger partial charge on any atom is -0.459 e. The first-order chi connectivity index (χ1) is 11.8. The van der Waals surface area contributed by atoms with E-state index in [-0.39, 0.29) is 11.4 Å². The normalized spacial score (nSPS) is 16.1. The third-order valence-electron chi connectivity index (χ3n) is 4.44. The summed E-state index contributed by atoms with van der Waals surface area (Å²) in [5.41, 5.74) is -0.0537. The van der Waals surface area contributed by atoms with Crippen molar-refractivity contribution >= 4 is 17.3 Å². The zero-order valence-electron chi connectivity index (χ0n) is 13.8. The minimum absolute atomic E-state index is 0.0515. The second-order valence-electron chi connectivity index (χ2n) is 6.33. The number of hydrogen-bond acceptors (Lipinski definition) is 3. The number of amides is 1. The Bertz CT molecular complexity index is 733. The molecular weight excluding hydrogens is 333 g/mol. The number of nitrogens with one attached hydrogen (secondary N) is 1. The van der Waals surface area contributed by atoms with Gasteiger partial charge in [0.15, 0.2) is 5.76 Å². The zero-order chi connectivity index (χ0) is 18.0. The molecule has 1 saturated heterocycles. The standard InChI is InChI=1S/C18H19F3N2O2/c1-12-6-8-23(9-7-12)15-5-4-13(18(19,20)21)11-14(15)22-17(24)16-3-2-10-25-16/h2-5,10-12H,6-9H2,1H3,(H,22,24). The largest absolute Gasteiger partial charge is 0.459 e. The first kappa shape index (κ1) is 17.4. The molecular formula is C18H19F3N2O2. The van der Waals surface area contributed by atoms with E-state index in [9.17, 15) is 18.0 Å². The lowest BCUT2D eigenvalue weighted by Crippen LogP contribution is -2.33. The average molecular weight is 352 g/mol. The molecule has 0 saturated carbocycles. The van der Waals surface area contributed by atoms with Crippen LogP contribution in [-0.4, -0.2) is 19.0 Å². The topological polar surface area (TPSA) is 45.5 Å². The van der Waals surface area contributed by atoms with E-state index in [1.807, 2.05) is 4.90 Å². The second-order valence-corrected chi connectivity index (χ2v) is 6.33. The van der Waals surface area contributed by atoms with Crippen molar-refractivity contribution < 1.29 is 22.4 Å². The van der Waals surface area contributed by atoms with Crippen molar-refractivity contribution in [2.45, 2.75) is 25.9 Å². The highest BCUT2D eigenvalue weighted by Crippen LogP contribution is 2.37. The Hall–Kier alpha value is -2.44. The number of hydrogen-bond donors (Lipinski definition) is 1. The lowest BCUT2D eigenvalue weighted by molar-refractivity contribution is -0.137. The number of anilines is 2. The molecule has 1 N–H and O–H groups in total. The predicted molar refractivity (Wildman–Crippen MR) is 88.7 cm³/mol. The van der Waals surface area contributed by atoms with Crippen LogP contribution in [0, 0.1) is 5.92 Å². The Morgan fingerprint density at radius 2 is 1.96 bits per heavy atom. The van der Waals surface area contributed by atoms with Crippen LogP contribution in [0.25, 0.3) is 0 Å². The molecule has 1 aliphatic heterocycles. The van der Waals surface area contributed by atoms with Crippen molar-refractivity contribution in [1.82, 2.24) is 0 Å². The van der Waals surface area contributed by atoms with E-state index in [2.05, 4.69) is 12.2 Å². The fourth-order valence-corrected chi connectivity index (χ4v) is 2.93. The van der Waals surface area contributed by atoms with Crippen molar-refractivity contribution in [2.24, 2.45) is 5.92 Å². The summed E-state index contributed by atoms with van der Waals surface area (Å²) in [6.45, 7) is 3.65. The van der Waals surface area contributed by atoms with E-state index < -0.39 is 17.6 Å². The molecule has 0 unspecified atom stereocenters. The van der Waals surface area contributed by atoms with E-state index in [4.69, 9.17) is 4.42 Å². The summed E-state index contributed by atoms with van der Waals surface area (Å²) in [5.74, 6) is 0.0680. The molecule has 1 amide bonds. The quantitative estimate of drug-likeness (QED) is 0.864. The van der Waals surface area contributed by atoms with E-state index in [0.29, 0.717) is 11.6 Å². The van der Waals surface area contributed by atoms with E-state index >= 15 is 0 Å². The predicted octanol–water partition coefficient (Wildman–Crippen LogP) is 4.79. The number of carbonyl (C=O) groups is 1. The van der Waals surface area contributed by atoms with Crippen LogP contribution in [0.4, 0.5) is 24.5 Å². The minimum atomic E-state index is -4.47. The lowest BCUT2D eigenvalue weighted by Gasteiger charge is -2.33. The third kappa shape index (κ3) is 3.97. The number of furan rings is 1. The Balaban J connectivity index is 1.92. The van der Waals surface area contributed by atoms with E-state index in [0.717, 1.165) is 38.1 Å². The van der Waals surface area contributed by atoms with Crippen LogP contribution in [0.1, 0.15) is 35.9 Å². The first-order valence-electron chi connectivity index (χ1n) is 8.15. The van der Waals surface area contributed by atoms with Crippen molar-refractivity contribution in [3.8, 4) is 0 Å². The smallest absolute Gasteiger partial charge is 0.416 e. The first-order valence-corrected chi connectivity index (χ1v) is 8.15. The van der Waals surface area contributed by atoms with Crippen molar-refractivity contribution in [2.75, 3.05) is 23.3 Å². The molecule has 1 fully saturated rings. The second kappa shape index (κ2) is 6.82. The van der Waals surface area contributed by atoms with E-state index in [1.165, 1.54) is 18.4 Å². The Kier molecular flexibility index (Phi) is 4.74. The van der Waals surface area contributed by atoms with Crippen LogP contribution in [0.5, 0.6) is 0 Å². The number of rotatable bonds is 3. The molecule has 2 aromatic rings. The van der Waals surface area contributed by atoms with Gasteiger partial charge in [0.25, 0.3) is 5.91 Å². The van der Waals surface area contributed by atoms with Crippen LogP contribution in [0.3, 0.4) is 0 Å². The number of halogens is 3. The van der Waals surface area contributed by atoms with E-state index in [1.54, 1.807) is 6.07 Å². The van der Waals surface area contributed by atoms with Gasteiger partial charge in [-0.05, 0) is 49.1 Å². The molecule has 1 aromatic carbocycles. The number of benzene rings is 1. The molecule has 134 valence electrons. The van der Waals surface area contributed by atoms with Gasteiger partial charge in [0.1, 0.15) is 0 Å². The van der Waals surface area contributed by atoms with Gasteiger partial charge >= 0.3 is 6.18 Å². The summed E-state index contributed by atoms with van der Waals surface area (Å²) >= 11 is 0. The van der Waals surface area contributed by atoms with Crippen molar-refractivity contribution in [3.05, 3.63) is 47.9 Å². The monoisotopic (exact) mass is 352 g/mol. The van der Waals surface area contributed by atoms with Gasteiger partial charge in [-0.15, -0.1) is 0 Å². The molecule has 0 aliphatic carbocycles.